The van der Waals surface area contributed by atoms with Gasteiger partial charge in [0.25, 0.3) is 0 Å². The van der Waals surface area contributed by atoms with Gasteiger partial charge in [-0.15, -0.1) is 0 Å². The lowest BCUT2D eigenvalue weighted by molar-refractivity contribution is -0.143. The highest BCUT2D eigenvalue weighted by molar-refractivity contribution is 5.75. The first-order valence-electron chi connectivity index (χ1n) is 6.65. The monoisotopic (exact) mass is 298 g/mol. The smallest absolute Gasteiger partial charge is 0.320 e. The van der Waals surface area contributed by atoms with E-state index in [-0.39, 0.29) is 12.8 Å². The van der Waals surface area contributed by atoms with E-state index in [1.54, 1.807) is 18.3 Å². The molecule has 6 nitrogen and oxygen atoms in total. The summed E-state index contributed by atoms with van der Waals surface area (Å²) in [6.07, 6.45) is 2.54. The largest absolute Gasteiger partial charge is 0.481 e. The van der Waals surface area contributed by atoms with Crippen molar-refractivity contribution in [1.82, 2.24) is 4.98 Å². The quantitative estimate of drug-likeness (QED) is 0.627. The molecule has 1 aromatic heterocycles. The maximum absolute atomic E-state index is 12.1. The number of aryl methyl sites for hydroxylation is 1. The number of rotatable bonds is 9. The van der Waals surface area contributed by atoms with Gasteiger partial charge in [-0.1, -0.05) is 6.07 Å². The maximum Gasteiger partial charge on any atom is 0.320 e. The predicted molar refractivity (Wildman–Crippen MR) is 73.6 cm³/mol. The number of pyridine rings is 1. The Kier molecular flexibility index (Phi) is 6.74. The molecular weight excluding hydrogens is 279 g/mol. The second-order valence-corrected chi connectivity index (χ2v) is 4.87. The van der Waals surface area contributed by atoms with Crippen LogP contribution in [0.25, 0.3) is 0 Å². The van der Waals surface area contributed by atoms with Crippen LogP contribution >= 0.6 is 0 Å². The second kappa shape index (κ2) is 8.31. The molecule has 0 spiro atoms. The summed E-state index contributed by atoms with van der Waals surface area (Å²) in [7, 11) is 0. The predicted octanol–water partition coefficient (Wildman–Crippen LogP) is 1.03. The highest BCUT2D eigenvalue weighted by Gasteiger charge is 2.25. The van der Waals surface area contributed by atoms with Gasteiger partial charge in [-0.2, -0.15) is 0 Å². The van der Waals surface area contributed by atoms with Gasteiger partial charge in [0, 0.05) is 18.3 Å². The summed E-state index contributed by atoms with van der Waals surface area (Å²) in [6.45, 7) is -0.393. The van der Waals surface area contributed by atoms with Crippen LogP contribution < -0.4 is 5.73 Å². The lowest BCUT2D eigenvalue weighted by atomic mass is 9.95. The fourth-order valence-electron chi connectivity index (χ4n) is 1.93. The molecule has 7 heteroatoms. The highest BCUT2D eigenvalue weighted by Crippen LogP contribution is 2.14. The van der Waals surface area contributed by atoms with Crippen molar-refractivity contribution in [3.8, 4) is 0 Å². The van der Waals surface area contributed by atoms with Gasteiger partial charge >= 0.3 is 11.9 Å². The molecule has 0 aromatic carbocycles. The van der Waals surface area contributed by atoms with Crippen molar-refractivity contribution in [3.05, 3.63) is 29.6 Å². The molecule has 0 aliphatic rings. The Balaban J connectivity index is 2.66. The van der Waals surface area contributed by atoms with Crippen molar-refractivity contribution < 1.29 is 24.2 Å². The van der Waals surface area contributed by atoms with Crippen molar-refractivity contribution in [2.24, 2.45) is 11.7 Å². The van der Waals surface area contributed by atoms with Crippen molar-refractivity contribution >= 4 is 11.9 Å². The number of aliphatic carboxylic acids is 2. The number of halogens is 1. The fourth-order valence-corrected chi connectivity index (χ4v) is 1.93. The summed E-state index contributed by atoms with van der Waals surface area (Å²) >= 11 is 0. The van der Waals surface area contributed by atoms with Gasteiger partial charge in [0.1, 0.15) is 6.04 Å². The number of nitrogens with zero attached hydrogens (tertiary/aromatic N) is 1. The topological polar surface area (TPSA) is 114 Å². The van der Waals surface area contributed by atoms with Crippen LogP contribution in [0.4, 0.5) is 4.39 Å². The molecule has 4 N–H and O–H groups in total. The van der Waals surface area contributed by atoms with E-state index in [1.165, 1.54) is 0 Å². The zero-order valence-corrected chi connectivity index (χ0v) is 11.5. The van der Waals surface area contributed by atoms with E-state index < -0.39 is 30.6 Å². The van der Waals surface area contributed by atoms with Gasteiger partial charge in [0.15, 0.2) is 0 Å². The third kappa shape index (κ3) is 5.86. The molecule has 2 atom stereocenters. The summed E-state index contributed by atoms with van der Waals surface area (Å²) in [5, 5.41) is 17.9. The first-order chi connectivity index (χ1) is 9.93. The number of nitrogens with two attached hydrogens (primary N) is 1. The number of hydrogen-bond donors (Lipinski definition) is 3. The van der Waals surface area contributed by atoms with Gasteiger partial charge in [0.2, 0.25) is 0 Å². The van der Waals surface area contributed by atoms with Crippen molar-refractivity contribution in [2.75, 3.05) is 6.67 Å². The molecule has 1 aromatic rings. The zero-order valence-electron chi connectivity index (χ0n) is 11.5. The Morgan fingerprint density at radius 1 is 1.29 bits per heavy atom. The molecule has 0 radical (unpaired) electrons. The van der Waals surface area contributed by atoms with Gasteiger partial charge < -0.3 is 15.9 Å². The Morgan fingerprint density at radius 3 is 2.48 bits per heavy atom. The minimum absolute atomic E-state index is 0.111. The van der Waals surface area contributed by atoms with Crippen molar-refractivity contribution in [1.29, 1.82) is 0 Å². The van der Waals surface area contributed by atoms with Crippen LogP contribution in [0.1, 0.15) is 24.1 Å². The van der Waals surface area contributed by atoms with Crippen LogP contribution in [-0.4, -0.2) is 39.9 Å². The Hall–Kier alpha value is -2.02. The SMILES string of the molecule is N[C@@H](CC(Cc1ccc(CCCF)cn1)C(=O)O)C(=O)O. The highest BCUT2D eigenvalue weighted by atomic mass is 19.1. The van der Waals surface area contributed by atoms with Crippen LogP contribution in [0.3, 0.4) is 0 Å². The van der Waals surface area contributed by atoms with Crippen LogP contribution in [-0.2, 0) is 22.4 Å². The molecule has 1 rings (SSSR count). The Bertz CT molecular complexity index is 478. The number of carboxylic acid groups (broad SMARTS) is 2. The van der Waals surface area contributed by atoms with Gasteiger partial charge in [-0.25, -0.2) is 0 Å². The van der Waals surface area contributed by atoms with Crippen LogP contribution in [0.5, 0.6) is 0 Å². The van der Waals surface area contributed by atoms with E-state index in [4.69, 9.17) is 15.9 Å². The second-order valence-electron chi connectivity index (χ2n) is 4.87. The molecule has 0 saturated heterocycles. The van der Waals surface area contributed by atoms with Crippen LogP contribution in [0.2, 0.25) is 0 Å². The average Bonchev–Trinajstić information content (AvgIpc) is 2.45. The van der Waals surface area contributed by atoms with Crippen LogP contribution in [0.15, 0.2) is 18.3 Å². The van der Waals surface area contributed by atoms with Gasteiger partial charge in [-0.3, -0.25) is 19.0 Å². The summed E-state index contributed by atoms with van der Waals surface area (Å²) in [4.78, 5) is 26.0. The molecule has 0 aliphatic heterocycles. The Morgan fingerprint density at radius 2 is 2.00 bits per heavy atom. The molecule has 116 valence electrons. The number of hydrogen-bond acceptors (Lipinski definition) is 4. The number of carbonyl (C=O) groups is 2. The standard InChI is InChI=1S/C14H19FN2O4/c15-5-1-2-9-3-4-11(17-8-9)6-10(13(18)19)7-12(16)14(20)21/h3-4,8,10,12H,1-2,5-7,16H2,(H,18,19)(H,20,21)/t10?,12-/m0/s1. The summed E-state index contributed by atoms with van der Waals surface area (Å²) in [6, 6.07) is 2.24. The molecule has 21 heavy (non-hydrogen) atoms. The minimum atomic E-state index is -1.23. The van der Waals surface area contributed by atoms with E-state index in [0.717, 1.165) is 5.56 Å². The van der Waals surface area contributed by atoms with E-state index in [9.17, 15) is 14.0 Å². The third-order valence-electron chi connectivity index (χ3n) is 3.15. The van der Waals surface area contributed by atoms with Crippen LogP contribution in [0, 0.1) is 5.92 Å². The molecule has 1 heterocycles. The van der Waals surface area contributed by atoms with Crippen molar-refractivity contribution in [2.45, 2.75) is 31.7 Å². The van der Waals surface area contributed by atoms with Gasteiger partial charge in [0.05, 0.1) is 12.6 Å². The van der Waals surface area contributed by atoms with E-state index in [0.29, 0.717) is 18.5 Å². The lowest BCUT2D eigenvalue weighted by Crippen LogP contribution is -2.35. The normalized spacial score (nSPS) is 13.6. The summed E-state index contributed by atoms with van der Waals surface area (Å²) in [5.41, 5.74) is 6.79. The van der Waals surface area contributed by atoms with E-state index in [1.807, 2.05) is 0 Å². The van der Waals surface area contributed by atoms with E-state index in [2.05, 4.69) is 4.98 Å². The number of carboxylic acids is 2. The minimum Gasteiger partial charge on any atom is -0.481 e. The molecule has 0 saturated carbocycles. The molecular formula is C14H19FN2O4. The van der Waals surface area contributed by atoms with Crippen molar-refractivity contribution in [3.63, 3.8) is 0 Å². The maximum atomic E-state index is 12.1. The summed E-state index contributed by atoms with van der Waals surface area (Å²) < 4.78 is 12.1. The molecule has 0 aliphatic carbocycles. The van der Waals surface area contributed by atoms with Gasteiger partial charge in [-0.05, 0) is 30.9 Å². The molecule has 0 amide bonds. The Labute approximate surface area is 121 Å². The fraction of sp³-hybridized carbons (Fsp3) is 0.500. The number of aromatic nitrogens is 1. The molecule has 0 fully saturated rings. The average molecular weight is 298 g/mol. The lowest BCUT2D eigenvalue weighted by Gasteiger charge is -2.14. The first kappa shape index (κ1) is 17.0. The molecule has 0 bridgehead atoms. The zero-order chi connectivity index (χ0) is 15.8. The first-order valence-corrected chi connectivity index (χ1v) is 6.65. The number of alkyl halides is 1. The summed E-state index contributed by atoms with van der Waals surface area (Å²) in [5.74, 6) is -3.23. The van der Waals surface area contributed by atoms with E-state index >= 15 is 0 Å². The third-order valence-corrected chi connectivity index (χ3v) is 3.15. The molecule has 1 unspecified atom stereocenters.